The fourth-order valence-electron chi connectivity index (χ4n) is 1.52. The van der Waals surface area contributed by atoms with Crippen LogP contribution in [0.15, 0.2) is 18.2 Å². The van der Waals surface area contributed by atoms with Crippen molar-refractivity contribution in [2.45, 2.75) is 25.9 Å². The summed E-state index contributed by atoms with van der Waals surface area (Å²) in [5.41, 5.74) is 6.56. The van der Waals surface area contributed by atoms with Crippen molar-refractivity contribution in [3.63, 3.8) is 0 Å². The summed E-state index contributed by atoms with van der Waals surface area (Å²) in [6, 6.07) is 5.45. The number of rotatable bonds is 7. The molecule has 0 spiro atoms. The van der Waals surface area contributed by atoms with Crippen LogP contribution in [0.4, 0.5) is 0 Å². The normalized spacial score (nSPS) is 12.4. The molecule has 0 heterocycles. The average molecular weight is 271 g/mol. The molecule has 0 bridgehead atoms. The van der Waals surface area contributed by atoms with Crippen LogP contribution in [0.25, 0.3) is 0 Å². The maximum atomic E-state index is 11.0. The van der Waals surface area contributed by atoms with E-state index in [1.165, 1.54) is 0 Å². The van der Waals surface area contributed by atoms with Crippen molar-refractivity contribution in [2.75, 3.05) is 13.7 Å². The molecular formula is C13H19ClN2O2. The Hall–Kier alpha value is -1.10. The van der Waals surface area contributed by atoms with Gasteiger partial charge in [-0.25, -0.2) is 0 Å². The molecule has 18 heavy (non-hydrogen) atoms. The zero-order chi connectivity index (χ0) is 13.5. The molecule has 0 saturated carbocycles. The average Bonchev–Trinajstić information content (AvgIpc) is 2.34. The summed E-state index contributed by atoms with van der Waals surface area (Å²) in [7, 11) is 1.69. The first-order valence-electron chi connectivity index (χ1n) is 5.85. The highest BCUT2D eigenvalue weighted by atomic mass is 35.5. The number of carbonyl (C=O) groups is 1. The molecule has 0 saturated heterocycles. The molecule has 1 aromatic rings. The molecule has 0 aliphatic heterocycles. The van der Waals surface area contributed by atoms with Crippen LogP contribution in [0.1, 0.15) is 29.3 Å². The number of carbonyl (C=O) groups excluding carboxylic acids is 1. The van der Waals surface area contributed by atoms with Crippen molar-refractivity contribution in [1.82, 2.24) is 5.32 Å². The zero-order valence-electron chi connectivity index (χ0n) is 10.7. The quantitative estimate of drug-likeness (QED) is 0.796. The van der Waals surface area contributed by atoms with E-state index < -0.39 is 5.91 Å². The molecule has 0 fully saturated rings. The first-order valence-corrected chi connectivity index (χ1v) is 6.23. The van der Waals surface area contributed by atoms with Gasteiger partial charge in [0.2, 0.25) is 5.91 Å². The number of nitrogens with two attached hydrogens (primary N) is 1. The van der Waals surface area contributed by atoms with Gasteiger partial charge in [-0.05, 0) is 31.0 Å². The lowest BCUT2D eigenvalue weighted by Crippen LogP contribution is -2.26. The third kappa shape index (κ3) is 4.64. The molecule has 3 N–H and O–H groups in total. The van der Waals surface area contributed by atoms with E-state index in [1.54, 1.807) is 19.2 Å². The lowest BCUT2D eigenvalue weighted by molar-refractivity contribution is 0.100. The van der Waals surface area contributed by atoms with Crippen LogP contribution in [0.3, 0.4) is 0 Å². The van der Waals surface area contributed by atoms with E-state index in [-0.39, 0.29) is 0 Å². The number of hydrogen-bond acceptors (Lipinski definition) is 3. The van der Waals surface area contributed by atoms with Gasteiger partial charge in [-0.15, -0.1) is 0 Å². The van der Waals surface area contributed by atoms with Crippen molar-refractivity contribution in [1.29, 1.82) is 0 Å². The number of hydrogen-bond donors (Lipinski definition) is 2. The van der Waals surface area contributed by atoms with E-state index in [1.807, 2.05) is 6.07 Å². The molecule has 1 unspecified atom stereocenters. The Morgan fingerprint density at radius 3 is 2.83 bits per heavy atom. The Morgan fingerprint density at radius 2 is 2.28 bits per heavy atom. The summed E-state index contributed by atoms with van der Waals surface area (Å²) < 4.78 is 5.01. The van der Waals surface area contributed by atoms with Crippen LogP contribution in [0.5, 0.6) is 0 Å². The highest BCUT2D eigenvalue weighted by Gasteiger charge is 2.07. The molecule has 100 valence electrons. The van der Waals surface area contributed by atoms with Crippen molar-refractivity contribution < 1.29 is 9.53 Å². The van der Waals surface area contributed by atoms with Crippen LogP contribution < -0.4 is 11.1 Å². The van der Waals surface area contributed by atoms with Crippen LogP contribution >= 0.6 is 11.6 Å². The van der Waals surface area contributed by atoms with E-state index >= 15 is 0 Å². The minimum Gasteiger partial charge on any atom is -0.385 e. The molecule has 1 aromatic carbocycles. The van der Waals surface area contributed by atoms with Gasteiger partial charge in [-0.2, -0.15) is 0 Å². The van der Waals surface area contributed by atoms with Gasteiger partial charge in [0.05, 0.1) is 0 Å². The number of halogens is 1. The summed E-state index contributed by atoms with van der Waals surface area (Å²) >= 11 is 6.09. The number of amides is 1. The van der Waals surface area contributed by atoms with E-state index in [4.69, 9.17) is 22.1 Å². The molecule has 0 radical (unpaired) electrons. The molecule has 1 amide bonds. The van der Waals surface area contributed by atoms with Crippen LogP contribution in [0, 0.1) is 0 Å². The fourth-order valence-corrected chi connectivity index (χ4v) is 1.77. The highest BCUT2D eigenvalue weighted by Crippen LogP contribution is 2.17. The number of primary amides is 1. The molecule has 5 heteroatoms. The molecular weight excluding hydrogens is 252 g/mol. The predicted octanol–water partition coefficient (Wildman–Crippen LogP) is 1.95. The third-order valence-corrected chi connectivity index (χ3v) is 3.09. The Balaban J connectivity index is 2.55. The fraction of sp³-hybridized carbons (Fsp3) is 0.462. The van der Waals surface area contributed by atoms with Gasteiger partial charge in [0, 0.05) is 36.9 Å². The minimum atomic E-state index is -0.468. The zero-order valence-corrected chi connectivity index (χ0v) is 11.5. The lowest BCUT2D eigenvalue weighted by atomic mass is 10.1. The van der Waals surface area contributed by atoms with Gasteiger partial charge >= 0.3 is 0 Å². The van der Waals surface area contributed by atoms with Gasteiger partial charge in [-0.1, -0.05) is 17.7 Å². The molecule has 1 atom stereocenters. The van der Waals surface area contributed by atoms with Crippen molar-refractivity contribution in [3.05, 3.63) is 34.3 Å². The Bertz CT molecular complexity index is 410. The first-order chi connectivity index (χ1) is 8.54. The smallest absolute Gasteiger partial charge is 0.248 e. The maximum absolute atomic E-state index is 11.0. The molecule has 4 nitrogen and oxygen atoms in total. The number of ether oxygens (including phenoxy) is 1. The summed E-state index contributed by atoms with van der Waals surface area (Å²) in [6.45, 7) is 3.47. The second-order valence-corrected chi connectivity index (χ2v) is 4.64. The van der Waals surface area contributed by atoms with Gasteiger partial charge in [-0.3, -0.25) is 4.79 Å². The number of methoxy groups -OCH3 is 1. The van der Waals surface area contributed by atoms with Crippen molar-refractivity contribution in [2.24, 2.45) is 5.73 Å². The number of nitrogens with one attached hydrogen (secondary N) is 1. The Kier molecular flexibility index (Phi) is 6.12. The topological polar surface area (TPSA) is 64.3 Å². The van der Waals surface area contributed by atoms with E-state index in [2.05, 4.69) is 12.2 Å². The van der Waals surface area contributed by atoms with Crippen LogP contribution in [-0.4, -0.2) is 25.7 Å². The molecule has 1 rings (SSSR count). The molecule has 0 aliphatic rings. The highest BCUT2D eigenvalue weighted by molar-refractivity contribution is 6.31. The summed E-state index contributed by atoms with van der Waals surface area (Å²) in [5, 5.41) is 3.90. The Morgan fingerprint density at radius 1 is 1.56 bits per heavy atom. The van der Waals surface area contributed by atoms with Gasteiger partial charge in [0.1, 0.15) is 0 Å². The second kappa shape index (κ2) is 7.36. The van der Waals surface area contributed by atoms with E-state index in [0.717, 1.165) is 18.6 Å². The standard InChI is InChI=1S/C13H19ClN2O2/c1-9(5-6-18-2)16-8-11-4-3-10(13(15)17)7-12(11)14/h3-4,7,9,16H,5-6,8H2,1-2H3,(H2,15,17). The Labute approximate surface area is 112 Å². The van der Waals surface area contributed by atoms with E-state index in [9.17, 15) is 4.79 Å². The lowest BCUT2D eigenvalue weighted by Gasteiger charge is -2.14. The summed E-state index contributed by atoms with van der Waals surface area (Å²) in [5.74, 6) is -0.468. The summed E-state index contributed by atoms with van der Waals surface area (Å²) in [4.78, 5) is 11.0. The molecule has 0 aromatic heterocycles. The predicted molar refractivity (Wildman–Crippen MR) is 72.8 cm³/mol. The largest absolute Gasteiger partial charge is 0.385 e. The van der Waals surface area contributed by atoms with Crippen molar-refractivity contribution >= 4 is 17.5 Å². The van der Waals surface area contributed by atoms with E-state index in [0.29, 0.717) is 23.2 Å². The SMILES string of the molecule is COCCC(C)NCc1ccc(C(N)=O)cc1Cl. The first kappa shape index (κ1) is 15.0. The maximum Gasteiger partial charge on any atom is 0.248 e. The van der Waals surface area contributed by atoms with Crippen LogP contribution in [0.2, 0.25) is 5.02 Å². The van der Waals surface area contributed by atoms with Crippen LogP contribution in [-0.2, 0) is 11.3 Å². The number of benzene rings is 1. The van der Waals surface area contributed by atoms with Gasteiger partial charge < -0.3 is 15.8 Å². The van der Waals surface area contributed by atoms with Gasteiger partial charge in [0.25, 0.3) is 0 Å². The minimum absolute atomic E-state index is 0.344. The summed E-state index contributed by atoms with van der Waals surface area (Å²) in [6.07, 6.45) is 0.938. The third-order valence-electron chi connectivity index (χ3n) is 2.73. The monoisotopic (exact) mass is 270 g/mol. The van der Waals surface area contributed by atoms with Gasteiger partial charge in [0.15, 0.2) is 0 Å². The van der Waals surface area contributed by atoms with Crippen molar-refractivity contribution in [3.8, 4) is 0 Å². The molecule has 0 aliphatic carbocycles. The second-order valence-electron chi connectivity index (χ2n) is 4.23.